The van der Waals surface area contributed by atoms with Crippen LogP contribution in [-0.2, 0) is 74.9 Å². The topological polar surface area (TPSA) is 275 Å². The van der Waals surface area contributed by atoms with Crippen LogP contribution in [0.5, 0.6) is 0 Å². The molecule has 0 unspecified atom stereocenters. The van der Waals surface area contributed by atoms with Gasteiger partial charge in [0.15, 0.2) is 0 Å². The van der Waals surface area contributed by atoms with Gasteiger partial charge in [0.1, 0.15) is 54.2 Å². The Hall–Kier alpha value is -4.87. The van der Waals surface area contributed by atoms with Gasteiger partial charge in [-0.15, -0.1) is 0 Å². The summed E-state index contributed by atoms with van der Waals surface area (Å²) in [7, 11) is 0. The molecule has 484 valence electrons. The number of carboxylic acid groups (broad SMARTS) is 1. The van der Waals surface area contributed by atoms with Crippen molar-refractivity contribution < 1.29 is 71.9 Å². The Balaban J connectivity index is 0.000000481. The highest BCUT2D eigenvalue weighted by atomic mass is 35.6. The van der Waals surface area contributed by atoms with Gasteiger partial charge < -0.3 is 39.4 Å². The van der Waals surface area contributed by atoms with E-state index in [1.54, 1.807) is 76.2 Å². The summed E-state index contributed by atoms with van der Waals surface area (Å²) in [6.07, 6.45) is 1.51. The van der Waals surface area contributed by atoms with E-state index in [0.29, 0.717) is 38.8 Å². The standard InChI is InChI=1S/C27H38Cl3N3O6.C21H28Cl3N3O5.C11H20O4/c1-17(2)19(15-22(34)39-26(3,4)5)23(35)31-21(14-18-10-7-6-8-11-18)24(36)33-13-9-12-20(32-33)25(37)38-16-27(28,29)30;1-20(2,3)32-19(30)25-16(12-14-8-5-4-6-9-14)17(28)27-11-7-10-15(26-27)18(29)31-13-21(22,23)24;1-7(2)8(10(13)14)6-9(12)15-11(3,4)5/h6-8,10-11,17,19-21,32H,9,12-16H2,1-5H3,(H,31,35);4-6,8-9,15-16,26H,7,10-13H2,1-3H3,(H,25,30);7-8H,6H2,1-5H3,(H,13,14)/t19-,20-,21-;15-,16-;8-/m000/s1. The fraction of sp³-hybridized carbons (Fsp3) is 0.644. The number of esters is 4. The number of nitrogens with one attached hydrogen (secondary N) is 4. The molecule has 2 heterocycles. The van der Waals surface area contributed by atoms with E-state index in [4.69, 9.17) is 98.4 Å². The lowest BCUT2D eigenvalue weighted by molar-refractivity contribution is -0.160. The van der Waals surface area contributed by atoms with Crippen molar-refractivity contribution in [1.29, 1.82) is 0 Å². The number of carboxylic acids is 1. The predicted octanol–water partition coefficient (Wildman–Crippen LogP) is 9.73. The molecule has 5 N–H and O–H groups in total. The zero-order valence-corrected chi connectivity index (χ0v) is 55.7. The normalized spacial score (nSPS) is 17.1. The lowest BCUT2D eigenvalue weighted by atomic mass is 9.91. The Kier molecular flexibility index (Phi) is 31.7. The predicted molar refractivity (Wildman–Crippen MR) is 329 cm³/mol. The van der Waals surface area contributed by atoms with Crippen LogP contribution < -0.4 is 21.5 Å². The summed E-state index contributed by atoms with van der Waals surface area (Å²) in [6, 6.07) is 15.1. The molecule has 2 fully saturated rings. The Morgan fingerprint density at radius 2 is 0.895 bits per heavy atom. The monoisotopic (exact) mass is 1330 g/mol. The van der Waals surface area contributed by atoms with Crippen LogP contribution in [0.2, 0.25) is 0 Å². The average molecular weight is 1330 g/mol. The highest BCUT2D eigenvalue weighted by molar-refractivity contribution is 6.68. The second kappa shape index (κ2) is 35.4. The smallest absolute Gasteiger partial charge is 0.408 e. The van der Waals surface area contributed by atoms with Crippen LogP contribution in [0, 0.1) is 23.7 Å². The summed E-state index contributed by atoms with van der Waals surface area (Å²) in [5.41, 5.74) is 5.49. The van der Waals surface area contributed by atoms with Crippen LogP contribution in [0.25, 0.3) is 0 Å². The first-order chi connectivity index (χ1) is 39.5. The molecule has 2 aliphatic rings. The van der Waals surface area contributed by atoms with Crippen molar-refractivity contribution in [3.05, 3.63) is 71.8 Å². The number of alkyl halides is 6. The zero-order chi connectivity index (χ0) is 65.5. The number of hydrogen-bond acceptors (Lipinski definition) is 16. The Bertz CT molecular complexity index is 2530. The summed E-state index contributed by atoms with van der Waals surface area (Å²) in [5.74, 6) is -6.07. The number of halogens is 6. The van der Waals surface area contributed by atoms with E-state index < -0.39 is 127 Å². The Morgan fingerprint density at radius 1 is 0.547 bits per heavy atom. The maximum atomic E-state index is 13.7. The fourth-order valence-corrected chi connectivity index (χ4v) is 8.63. The first kappa shape index (κ1) is 77.2. The minimum Gasteiger partial charge on any atom is -0.481 e. The van der Waals surface area contributed by atoms with Crippen LogP contribution in [0.4, 0.5) is 4.79 Å². The van der Waals surface area contributed by atoms with E-state index in [9.17, 15) is 43.2 Å². The second-order valence-electron chi connectivity index (χ2n) is 24.3. The van der Waals surface area contributed by atoms with E-state index in [1.165, 1.54) is 10.0 Å². The summed E-state index contributed by atoms with van der Waals surface area (Å²) < 4.78 is 22.4. The molecule has 6 atom stereocenters. The van der Waals surface area contributed by atoms with Gasteiger partial charge in [-0.3, -0.25) is 48.4 Å². The van der Waals surface area contributed by atoms with E-state index in [1.807, 2.05) is 74.5 Å². The van der Waals surface area contributed by atoms with E-state index >= 15 is 0 Å². The number of carbonyl (C=O) groups excluding carboxylic acids is 8. The molecule has 4 amide bonds. The number of rotatable bonds is 20. The number of amides is 4. The highest BCUT2D eigenvalue weighted by Crippen LogP contribution is 2.28. The number of nitrogens with zero attached hydrogens (tertiary/aromatic N) is 2. The van der Waals surface area contributed by atoms with Crippen LogP contribution in [-0.4, -0.2) is 144 Å². The molecule has 4 rings (SSSR count). The van der Waals surface area contributed by atoms with Crippen molar-refractivity contribution in [2.45, 2.75) is 190 Å². The van der Waals surface area contributed by atoms with Crippen molar-refractivity contribution in [2.24, 2.45) is 23.7 Å². The first-order valence-corrected chi connectivity index (χ1v) is 30.5. The molecule has 0 aromatic heterocycles. The van der Waals surface area contributed by atoms with Crippen molar-refractivity contribution >= 4 is 123 Å². The molecule has 27 heteroatoms. The fourth-order valence-electron chi connectivity index (χ4n) is 8.31. The zero-order valence-electron chi connectivity index (χ0n) is 51.2. The van der Waals surface area contributed by atoms with Crippen molar-refractivity contribution in [3.63, 3.8) is 0 Å². The number of carbonyl (C=O) groups is 9. The third-order valence-electron chi connectivity index (χ3n) is 12.3. The first-order valence-electron chi connectivity index (χ1n) is 28.2. The summed E-state index contributed by atoms with van der Waals surface area (Å²) in [5, 5.41) is 17.0. The molecule has 86 heavy (non-hydrogen) atoms. The van der Waals surface area contributed by atoms with Gasteiger partial charge in [0.05, 0.1) is 24.7 Å². The van der Waals surface area contributed by atoms with Crippen LogP contribution >= 0.6 is 69.6 Å². The van der Waals surface area contributed by atoms with Crippen LogP contribution in [0.3, 0.4) is 0 Å². The minimum absolute atomic E-state index is 0.0652. The molecule has 0 saturated carbocycles. The number of aliphatic carboxylic acids is 1. The second-order valence-corrected chi connectivity index (χ2v) is 29.4. The Morgan fingerprint density at radius 3 is 1.22 bits per heavy atom. The third kappa shape index (κ3) is 32.4. The van der Waals surface area contributed by atoms with Gasteiger partial charge in [-0.05, 0) is 111 Å². The van der Waals surface area contributed by atoms with Gasteiger partial charge >= 0.3 is 35.9 Å². The summed E-state index contributed by atoms with van der Waals surface area (Å²) >= 11 is 33.9. The number of benzene rings is 2. The molecule has 2 saturated heterocycles. The molecular formula is C59H86Cl6N6O15. The molecule has 0 spiro atoms. The molecule has 0 radical (unpaired) electrons. The highest BCUT2D eigenvalue weighted by Gasteiger charge is 2.38. The molecule has 0 bridgehead atoms. The van der Waals surface area contributed by atoms with Crippen molar-refractivity contribution in [3.8, 4) is 0 Å². The number of hydrazine groups is 2. The number of alkyl carbamates (subject to hydrolysis) is 1. The van der Waals surface area contributed by atoms with Crippen LogP contribution in [0.1, 0.15) is 140 Å². The lowest BCUT2D eigenvalue weighted by Crippen LogP contribution is -2.61. The molecular weight excluding hydrogens is 1250 g/mol. The largest absolute Gasteiger partial charge is 0.481 e. The van der Waals surface area contributed by atoms with Gasteiger partial charge in [-0.1, -0.05) is 158 Å². The summed E-state index contributed by atoms with van der Waals surface area (Å²) in [4.78, 5) is 112. The maximum Gasteiger partial charge on any atom is 0.408 e. The quantitative estimate of drug-likeness (QED) is 0.0469. The van der Waals surface area contributed by atoms with E-state index in [-0.39, 0.29) is 37.5 Å². The number of ether oxygens (including phenoxy) is 5. The van der Waals surface area contributed by atoms with Crippen molar-refractivity contribution in [1.82, 2.24) is 31.5 Å². The van der Waals surface area contributed by atoms with E-state index in [0.717, 1.165) is 11.1 Å². The lowest BCUT2D eigenvalue weighted by Gasteiger charge is -2.35. The number of hydrogen-bond donors (Lipinski definition) is 5. The van der Waals surface area contributed by atoms with Crippen molar-refractivity contribution in [2.75, 3.05) is 26.3 Å². The molecule has 21 nitrogen and oxygen atoms in total. The van der Waals surface area contributed by atoms with Gasteiger partial charge in [0.2, 0.25) is 13.5 Å². The van der Waals surface area contributed by atoms with Gasteiger partial charge in [0, 0.05) is 25.9 Å². The molecule has 2 aliphatic heterocycles. The van der Waals surface area contributed by atoms with E-state index in [2.05, 4.69) is 21.5 Å². The SMILES string of the molecule is CC(C)(C)OC(=O)N[C@@H](Cc1ccccc1)C(=O)N1CCC[C@@H](C(=O)OCC(Cl)(Cl)Cl)N1.CC(C)[C@H](CC(=O)OC(C)(C)C)C(=O)N[C@@H](Cc1ccccc1)C(=O)N1CCC[C@@H](C(=O)OCC(Cl)(Cl)Cl)N1.CC(C)[C@H](CC(=O)OC(C)(C)C)C(=O)O. The average Bonchev–Trinajstić information content (AvgIpc) is 3.44. The summed E-state index contributed by atoms with van der Waals surface area (Å²) in [6.45, 7) is 22.8. The van der Waals surface area contributed by atoms with Gasteiger partial charge in [-0.2, -0.15) is 0 Å². The van der Waals surface area contributed by atoms with Gasteiger partial charge in [0.25, 0.3) is 11.8 Å². The Labute approximate surface area is 535 Å². The molecule has 2 aromatic carbocycles. The third-order valence-corrected chi connectivity index (χ3v) is 12.9. The van der Waals surface area contributed by atoms with Gasteiger partial charge in [-0.25, -0.2) is 15.6 Å². The maximum absolute atomic E-state index is 13.7. The minimum atomic E-state index is -1.75. The molecule has 0 aliphatic carbocycles. The van der Waals surface area contributed by atoms with Crippen LogP contribution in [0.15, 0.2) is 60.7 Å². The molecule has 2 aromatic rings.